The monoisotopic (exact) mass is 518 g/mol. The van der Waals surface area contributed by atoms with Crippen molar-refractivity contribution in [1.29, 1.82) is 0 Å². The highest BCUT2D eigenvalue weighted by Gasteiger charge is 2.36. The van der Waals surface area contributed by atoms with Crippen LogP contribution in [0.2, 0.25) is 0 Å². The third kappa shape index (κ3) is 4.58. The Bertz CT molecular complexity index is 1440. The molecule has 0 unspecified atom stereocenters. The van der Waals surface area contributed by atoms with Crippen molar-refractivity contribution in [1.82, 2.24) is 20.3 Å². The number of rotatable bonds is 5. The first kappa shape index (κ1) is 24.0. The molecule has 0 radical (unpaired) electrons. The van der Waals surface area contributed by atoms with E-state index < -0.39 is 17.8 Å². The maximum Gasteiger partial charge on any atom is 0.417 e. The average molecular weight is 519 g/mol. The Morgan fingerprint density at radius 3 is 2.56 bits per heavy atom. The minimum absolute atomic E-state index is 0.0878. The molecule has 13 heteroatoms. The smallest absolute Gasteiger partial charge is 0.417 e. The van der Waals surface area contributed by atoms with Gasteiger partial charge in [0, 0.05) is 37.4 Å². The summed E-state index contributed by atoms with van der Waals surface area (Å²) in [5, 5.41) is 14.2. The largest absolute Gasteiger partial charge is 0.477 e. The summed E-state index contributed by atoms with van der Waals surface area (Å²) in [5.41, 5.74) is 0.121. The van der Waals surface area contributed by atoms with Crippen molar-refractivity contribution < 1.29 is 27.8 Å². The van der Waals surface area contributed by atoms with Crippen LogP contribution < -0.4 is 20.3 Å². The zero-order chi connectivity index (χ0) is 25.4. The van der Waals surface area contributed by atoms with E-state index in [2.05, 4.69) is 25.6 Å². The molecule has 36 heavy (non-hydrogen) atoms. The van der Waals surface area contributed by atoms with Gasteiger partial charge in [-0.3, -0.25) is 5.32 Å². The SMILES string of the molecule is CCOc1nc(N2CCNCC2)nc2c1sc1nc(-c3ccc(NC(=O)O)cc3)cc(C(F)(F)F)c12. The van der Waals surface area contributed by atoms with Crippen LogP contribution in [-0.2, 0) is 6.18 Å². The molecule has 1 aliphatic rings. The van der Waals surface area contributed by atoms with E-state index in [1.54, 1.807) is 6.92 Å². The molecule has 1 aromatic carbocycles. The van der Waals surface area contributed by atoms with E-state index in [0.29, 0.717) is 41.6 Å². The van der Waals surface area contributed by atoms with Gasteiger partial charge in [0.2, 0.25) is 11.8 Å². The summed E-state index contributed by atoms with van der Waals surface area (Å²) in [6.07, 6.45) is -5.90. The molecular weight excluding hydrogens is 497 g/mol. The molecule has 5 rings (SSSR count). The summed E-state index contributed by atoms with van der Waals surface area (Å²) in [6, 6.07) is 6.96. The van der Waals surface area contributed by atoms with Gasteiger partial charge in [0.25, 0.3) is 0 Å². The van der Waals surface area contributed by atoms with Crippen molar-refractivity contribution in [3.05, 3.63) is 35.9 Å². The summed E-state index contributed by atoms with van der Waals surface area (Å²) in [4.78, 5) is 26.5. The number of amides is 1. The molecule has 0 atom stereocenters. The van der Waals surface area contributed by atoms with Crippen LogP contribution in [-0.4, -0.2) is 58.9 Å². The molecule has 1 saturated heterocycles. The van der Waals surface area contributed by atoms with Gasteiger partial charge in [0.05, 0.1) is 23.3 Å². The highest BCUT2D eigenvalue weighted by Crippen LogP contribution is 2.45. The molecule has 0 saturated carbocycles. The predicted octanol–water partition coefficient (Wildman–Crippen LogP) is 4.82. The number of nitrogens with one attached hydrogen (secondary N) is 2. The number of nitrogens with zero attached hydrogens (tertiary/aromatic N) is 4. The summed E-state index contributed by atoms with van der Waals surface area (Å²) in [5.74, 6) is 0.559. The summed E-state index contributed by atoms with van der Waals surface area (Å²) >= 11 is 1.05. The number of carboxylic acid groups (broad SMARTS) is 1. The maximum absolute atomic E-state index is 14.3. The zero-order valence-electron chi connectivity index (χ0n) is 19.0. The van der Waals surface area contributed by atoms with Crippen LogP contribution >= 0.6 is 11.3 Å². The van der Waals surface area contributed by atoms with Crippen molar-refractivity contribution in [2.45, 2.75) is 13.1 Å². The number of piperazine rings is 1. The van der Waals surface area contributed by atoms with Crippen LogP contribution in [0.1, 0.15) is 12.5 Å². The van der Waals surface area contributed by atoms with Gasteiger partial charge < -0.3 is 20.1 Å². The van der Waals surface area contributed by atoms with Gasteiger partial charge in [-0.15, -0.1) is 11.3 Å². The first-order chi connectivity index (χ1) is 17.2. The van der Waals surface area contributed by atoms with E-state index in [1.807, 2.05) is 4.90 Å². The van der Waals surface area contributed by atoms with E-state index >= 15 is 0 Å². The lowest BCUT2D eigenvalue weighted by atomic mass is 10.1. The molecule has 1 fully saturated rings. The highest BCUT2D eigenvalue weighted by molar-refractivity contribution is 7.25. The molecule has 1 aliphatic heterocycles. The summed E-state index contributed by atoms with van der Waals surface area (Å²) in [6.45, 7) is 4.76. The summed E-state index contributed by atoms with van der Waals surface area (Å²) in [7, 11) is 0. The van der Waals surface area contributed by atoms with E-state index in [1.165, 1.54) is 24.3 Å². The second kappa shape index (κ2) is 9.39. The minimum atomic E-state index is -4.67. The third-order valence-corrected chi connectivity index (χ3v) is 6.72. The van der Waals surface area contributed by atoms with Crippen LogP contribution in [0.25, 0.3) is 31.7 Å². The van der Waals surface area contributed by atoms with E-state index in [9.17, 15) is 18.0 Å². The van der Waals surface area contributed by atoms with E-state index in [-0.39, 0.29) is 27.3 Å². The average Bonchev–Trinajstić information content (AvgIpc) is 3.22. The lowest BCUT2D eigenvalue weighted by Crippen LogP contribution is -2.44. The summed E-state index contributed by atoms with van der Waals surface area (Å²) < 4.78 is 49.1. The Hall–Kier alpha value is -3.71. The standard InChI is InChI=1S/C23H21F3N6O3S/c1-2-35-19-18-17(30-21(31-19)32-9-7-27-8-10-32)16-14(23(24,25)26)11-15(29-20(16)36-18)12-3-5-13(6-4-12)28-22(33)34/h3-6,11,27-28H,2,7-10H2,1H3,(H,33,34). The fourth-order valence-electron chi connectivity index (χ4n) is 4.06. The minimum Gasteiger partial charge on any atom is -0.477 e. The Kier molecular flexibility index (Phi) is 6.26. The number of halogens is 3. The molecule has 3 aromatic heterocycles. The lowest BCUT2D eigenvalue weighted by Gasteiger charge is -2.27. The van der Waals surface area contributed by atoms with Gasteiger partial charge in [0.15, 0.2) is 0 Å². The molecule has 188 valence electrons. The topological polar surface area (TPSA) is 113 Å². The van der Waals surface area contributed by atoms with Gasteiger partial charge in [0.1, 0.15) is 15.0 Å². The van der Waals surface area contributed by atoms with Crippen molar-refractivity contribution >= 4 is 49.5 Å². The van der Waals surface area contributed by atoms with Gasteiger partial charge in [-0.25, -0.2) is 14.8 Å². The Morgan fingerprint density at radius 1 is 1.19 bits per heavy atom. The van der Waals surface area contributed by atoms with Crippen molar-refractivity contribution in [2.75, 3.05) is 43.0 Å². The predicted molar refractivity (Wildman–Crippen MR) is 131 cm³/mol. The molecule has 0 spiro atoms. The van der Waals surface area contributed by atoms with Crippen LogP contribution in [0, 0.1) is 0 Å². The third-order valence-electron chi connectivity index (χ3n) is 5.66. The fraction of sp³-hybridized carbons (Fsp3) is 0.304. The number of aromatic nitrogens is 3. The van der Waals surface area contributed by atoms with Gasteiger partial charge in [-0.2, -0.15) is 18.2 Å². The molecule has 0 aliphatic carbocycles. The number of carbonyl (C=O) groups is 1. The van der Waals surface area contributed by atoms with Gasteiger partial charge >= 0.3 is 12.3 Å². The molecule has 9 nitrogen and oxygen atoms in total. The van der Waals surface area contributed by atoms with Gasteiger partial charge in [-0.1, -0.05) is 12.1 Å². The maximum atomic E-state index is 14.3. The molecule has 4 heterocycles. The molecule has 4 aromatic rings. The molecule has 1 amide bonds. The Morgan fingerprint density at radius 2 is 1.92 bits per heavy atom. The highest BCUT2D eigenvalue weighted by atomic mass is 32.1. The normalized spacial score (nSPS) is 14.4. The van der Waals surface area contributed by atoms with Gasteiger partial charge in [-0.05, 0) is 25.1 Å². The second-order valence-electron chi connectivity index (χ2n) is 8.02. The van der Waals surface area contributed by atoms with Crippen molar-refractivity contribution in [3.8, 4) is 17.1 Å². The number of anilines is 2. The first-order valence-corrected chi connectivity index (χ1v) is 12.0. The van der Waals surface area contributed by atoms with E-state index in [4.69, 9.17) is 9.84 Å². The molecular formula is C23H21F3N6O3S. The Labute approximate surface area is 206 Å². The number of alkyl halides is 3. The number of ether oxygens (including phenoxy) is 1. The number of hydrogen-bond donors (Lipinski definition) is 3. The lowest BCUT2D eigenvalue weighted by molar-refractivity contribution is -0.136. The zero-order valence-corrected chi connectivity index (χ0v) is 19.8. The quantitative estimate of drug-likeness (QED) is 0.345. The molecule has 0 bridgehead atoms. The number of thiophene rings is 1. The number of hydrogen-bond acceptors (Lipinski definition) is 8. The van der Waals surface area contributed by atoms with Crippen molar-refractivity contribution in [3.63, 3.8) is 0 Å². The number of benzene rings is 1. The van der Waals surface area contributed by atoms with Crippen LogP contribution in [0.4, 0.5) is 29.6 Å². The number of pyridine rings is 1. The second-order valence-corrected chi connectivity index (χ2v) is 9.02. The fourth-order valence-corrected chi connectivity index (χ4v) is 5.14. The van der Waals surface area contributed by atoms with Crippen LogP contribution in [0.3, 0.4) is 0 Å². The molecule has 3 N–H and O–H groups in total. The van der Waals surface area contributed by atoms with Crippen molar-refractivity contribution in [2.24, 2.45) is 0 Å². The number of fused-ring (bicyclic) bond motifs is 3. The Balaban J connectivity index is 1.71. The first-order valence-electron chi connectivity index (χ1n) is 11.2. The van der Waals surface area contributed by atoms with E-state index in [0.717, 1.165) is 30.5 Å². The van der Waals surface area contributed by atoms with Crippen LogP contribution in [0.15, 0.2) is 30.3 Å². The van der Waals surface area contributed by atoms with Crippen LogP contribution in [0.5, 0.6) is 5.88 Å².